The molecule has 5 atom stereocenters. The highest BCUT2D eigenvalue weighted by atomic mass is 32.2. The van der Waals surface area contributed by atoms with Gasteiger partial charge in [0.05, 0.1) is 20.3 Å². The van der Waals surface area contributed by atoms with E-state index < -0.39 is 41.8 Å². The molecular weight excluding hydrogens is 532 g/mol. The largest absolute Gasteiger partial charge is 0.497 e. The van der Waals surface area contributed by atoms with Crippen molar-refractivity contribution in [2.75, 3.05) is 13.7 Å². The average Bonchev–Trinajstić information content (AvgIpc) is 2.96. The number of carbonyl (C=O) groups is 2. The van der Waals surface area contributed by atoms with E-state index in [0.717, 1.165) is 21.8 Å². The zero-order valence-electron chi connectivity index (χ0n) is 22.8. The number of hydrogen-bond donors (Lipinski definition) is 0. The van der Waals surface area contributed by atoms with Gasteiger partial charge in [-0.05, 0) is 35.4 Å². The molecule has 9 heteroatoms. The second-order valence-corrected chi connectivity index (χ2v) is 10.4. The molecule has 4 rings (SSSR count). The lowest BCUT2D eigenvalue weighted by molar-refractivity contribution is -0.246. The maximum Gasteiger partial charge on any atom is 0.303 e. The lowest BCUT2D eigenvalue weighted by atomic mass is 9.99. The Morgan fingerprint density at radius 2 is 1.35 bits per heavy atom. The maximum atomic E-state index is 12.2. The van der Waals surface area contributed by atoms with Crippen molar-refractivity contribution in [2.45, 2.75) is 61.8 Å². The van der Waals surface area contributed by atoms with E-state index in [2.05, 4.69) is 0 Å². The van der Waals surface area contributed by atoms with Crippen LogP contribution in [-0.2, 0) is 46.5 Å². The summed E-state index contributed by atoms with van der Waals surface area (Å²) >= 11 is 1.47. The Kier molecular flexibility index (Phi) is 11.0. The van der Waals surface area contributed by atoms with Crippen LogP contribution in [0.2, 0.25) is 0 Å². The first-order chi connectivity index (χ1) is 19.4. The van der Waals surface area contributed by atoms with E-state index in [4.69, 9.17) is 28.4 Å². The van der Waals surface area contributed by atoms with Gasteiger partial charge in [-0.2, -0.15) is 0 Å². The predicted molar refractivity (Wildman–Crippen MR) is 150 cm³/mol. The quantitative estimate of drug-likeness (QED) is 0.275. The fourth-order valence-corrected chi connectivity index (χ4v) is 5.47. The van der Waals surface area contributed by atoms with Crippen molar-refractivity contribution >= 4 is 23.7 Å². The first kappa shape index (κ1) is 29.6. The summed E-state index contributed by atoms with van der Waals surface area (Å²) in [6, 6.07) is 27.1. The molecule has 0 radical (unpaired) electrons. The van der Waals surface area contributed by atoms with Gasteiger partial charge in [0.25, 0.3) is 0 Å². The molecule has 0 aromatic heterocycles. The highest BCUT2D eigenvalue weighted by molar-refractivity contribution is 7.99. The minimum atomic E-state index is -0.886. The van der Waals surface area contributed by atoms with Crippen LogP contribution in [0, 0.1) is 0 Å². The smallest absolute Gasteiger partial charge is 0.303 e. The zero-order valence-corrected chi connectivity index (χ0v) is 23.6. The molecule has 212 valence electrons. The Bertz CT molecular complexity index is 1210. The van der Waals surface area contributed by atoms with E-state index in [0.29, 0.717) is 6.61 Å². The van der Waals surface area contributed by atoms with E-state index in [-0.39, 0.29) is 13.2 Å². The highest BCUT2D eigenvalue weighted by Gasteiger charge is 2.50. The molecule has 0 aliphatic carbocycles. The van der Waals surface area contributed by atoms with Gasteiger partial charge in [0.15, 0.2) is 6.10 Å². The molecule has 0 unspecified atom stereocenters. The summed E-state index contributed by atoms with van der Waals surface area (Å²) in [6.45, 7) is 3.06. The molecule has 8 nitrogen and oxygen atoms in total. The standard InChI is InChI=1S/C31H34O8S/c1-21(32)35-20-27-28(38-22(2)33)29(36-19-24-14-16-25(34-3)17-15-24)30(37-18-23-10-6-4-7-11-23)31(39-27)40-26-12-8-5-9-13-26/h4-17,27-31H,18-20H2,1-3H3/t27-,28-,29+,30+,31-/m1/s1. The lowest BCUT2D eigenvalue weighted by Gasteiger charge is -2.45. The number of thioether (sulfide) groups is 1. The third kappa shape index (κ3) is 8.56. The Labute approximate surface area is 238 Å². The molecule has 3 aromatic rings. The molecule has 1 fully saturated rings. The van der Waals surface area contributed by atoms with Crippen LogP contribution in [0.3, 0.4) is 0 Å². The maximum absolute atomic E-state index is 12.2. The van der Waals surface area contributed by atoms with Gasteiger partial charge in [0.2, 0.25) is 0 Å². The van der Waals surface area contributed by atoms with E-state index in [1.165, 1.54) is 25.6 Å². The molecule has 3 aromatic carbocycles. The van der Waals surface area contributed by atoms with Crippen molar-refractivity contribution in [3.05, 3.63) is 96.1 Å². The van der Waals surface area contributed by atoms with Crippen molar-refractivity contribution in [2.24, 2.45) is 0 Å². The number of benzene rings is 3. The highest BCUT2D eigenvalue weighted by Crippen LogP contribution is 2.38. The number of esters is 2. The lowest BCUT2D eigenvalue weighted by Crippen LogP contribution is -2.60. The molecule has 1 aliphatic rings. The normalized spacial score (nSPS) is 22.3. The summed E-state index contributed by atoms with van der Waals surface area (Å²) < 4.78 is 35.8. The topological polar surface area (TPSA) is 89.5 Å². The van der Waals surface area contributed by atoms with Crippen molar-refractivity contribution in [3.8, 4) is 5.75 Å². The second-order valence-electron chi connectivity index (χ2n) is 9.24. The van der Waals surface area contributed by atoms with Gasteiger partial charge in [-0.1, -0.05) is 72.4 Å². The number of ether oxygens (including phenoxy) is 6. The molecule has 1 aliphatic heterocycles. The predicted octanol–water partition coefficient (Wildman–Crippen LogP) is 5.18. The van der Waals surface area contributed by atoms with Gasteiger partial charge < -0.3 is 28.4 Å². The molecule has 0 amide bonds. The van der Waals surface area contributed by atoms with Crippen LogP contribution in [0.25, 0.3) is 0 Å². The fourth-order valence-electron chi connectivity index (χ4n) is 4.32. The summed E-state index contributed by atoms with van der Waals surface area (Å²) in [5.74, 6) is -0.233. The molecular formula is C31H34O8S. The molecule has 0 saturated carbocycles. The summed E-state index contributed by atoms with van der Waals surface area (Å²) in [7, 11) is 1.61. The molecule has 1 saturated heterocycles. The monoisotopic (exact) mass is 566 g/mol. The Morgan fingerprint density at radius 3 is 1.95 bits per heavy atom. The first-order valence-electron chi connectivity index (χ1n) is 13.0. The van der Waals surface area contributed by atoms with Gasteiger partial charge >= 0.3 is 11.9 Å². The summed E-state index contributed by atoms with van der Waals surface area (Å²) in [5, 5.41) is 0. The van der Waals surface area contributed by atoms with Gasteiger partial charge in [-0.25, -0.2) is 0 Å². The summed E-state index contributed by atoms with van der Waals surface area (Å²) in [6.07, 6.45) is -3.03. The van der Waals surface area contributed by atoms with Crippen LogP contribution in [0.1, 0.15) is 25.0 Å². The van der Waals surface area contributed by atoms with Crippen LogP contribution in [0.5, 0.6) is 5.75 Å². The molecule has 40 heavy (non-hydrogen) atoms. The van der Waals surface area contributed by atoms with Gasteiger partial charge in [-0.15, -0.1) is 0 Å². The minimum Gasteiger partial charge on any atom is -0.497 e. The number of methoxy groups -OCH3 is 1. The van der Waals surface area contributed by atoms with Crippen LogP contribution in [0.15, 0.2) is 89.8 Å². The van der Waals surface area contributed by atoms with Crippen LogP contribution in [0.4, 0.5) is 0 Å². The third-order valence-corrected chi connectivity index (χ3v) is 7.38. The average molecular weight is 567 g/mol. The molecule has 0 bridgehead atoms. The fraction of sp³-hybridized carbons (Fsp3) is 0.355. The van der Waals surface area contributed by atoms with Crippen molar-refractivity contribution in [1.29, 1.82) is 0 Å². The number of carbonyl (C=O) groups excluding carboxylic acids is 2. The number of hydrogen-bond acceptors (Lipinski definition) is 9. The second kappa shape index (κ2) is 14.9. The first-order valence-corrected chi connectivity index (χ1v) is 13.9. The summed E-state index contributed by atoms with van der Waals surface area (Å²) in [5.41, 5.74) is 1.32. The van der Waals surface area contributed by atoms with E-state index in [9.17, 15) is 9.59 Å². The Morgan fingerprint density at radius 1 is 0.750 bits per heavy atom. The van der Waals surface area contributed by atoms with Crippen LogP contribution >= 0.6 is 11.8 Å². The van der Waals surface area contributed by atoms with E-state index in [1.807, 2.05) is 84.9 Å². The Hall–Kier alpha value is -3.37. The molecule has 0 N–H and O–H groups in total. The SMILES string of the molecule is COc1ccc(CO[C@@H]2[C@H](OCc3ccccc3)[C@@H](Sc3ccccc3)O[C@H](COC(C)=O)[C@H]2OC(C)=O)cc1. The molecule has 1 heterocycles. The Balaban J connectivity index is 1.66. The van der Waals surface area contributed by atoms with Crippen LogP contribution < -0.4 is 4.74 Å². The third-order valence-electron chi connectivity index (χ3n) is 6.23. The van der Waals surface area contributed by atoms with Crippen molar-refractivity contribution in [3.63, 3.8) is 0 Å². The van der Waals surface area contributed by atoms with Crippen LogP contribution in [-0.4, -0.2) is 55.5 Å². The van der Waals surface area contributed by atoms with Gasteiger partial charge in [0, 0.05) is 18.7 Å². The van der Waals surface area contributed by atoms with Crippen molar-refractivity contribution in [1.82, 2.24) is 0 Å². The van der Waals surface area contributed by atoms with E-state index in [1.54, 1.807) is 7.11 Å². The summed E-state index contributed by atoms with van der Waals surface area (Å²) in [4.78, 5) is 24.9. The zero-order chi connectivity index (χ0) is 28.3. The minimum absolute atomic E-state index is 0.104. The van der Waals surface area contributed by atoms with Gasteiger partial charge in [0.1, 0.15) is 36.1 Å². The van der Waals surface area contributed by atoms with Crippen molar-refractivity contribution < 1.29 is 38.0 Å². The number of rotatable bonds is 12. The molecule has 0 spiro atoms. The van der Waals surface area contributed by atoms with E-state index >= 15 is 0 Å². The van der Waals surface area contributed by atoms with Gasteiger partial charge in [-0.3, -0.25) is 9.59 Å².